The van der Waals surface area contributed by atoms with Crippen molar-refractivity contribution in [2.45, 2.75) is 6.18 Å². The first-order valence-corrected chi connectivity index (χ1v) is 12.1. The van der Waals surface area contributed by atoms with E-state index in [0.29, 0.717) is 22.5 Å². The molecule has 1 heterocycles. The predicted octanol–water partition coefficient (Wildman–Crippen LogP) is 7.67. The van der Waals surface area contributed by atoms with Crippen LogP contribution in [0.3, 0.4) is 0 Å². The van der Waals surface area contributed by atoms with Gasteiger partial charge in [0.1, 0.15) is 5.82 Å². The molecule has 4 nitrogen and oxygen atoms in total. The van der Waals surface area contributed by atoms with E-state index < -0.39 is 23.3 Å². The summed E-state index contributed by atoms with van der Waals surface area (Å²) in [5.41, 5.74) is 7.01. The molecule has 4 aromatic carbocycles. The second-order valence-electron chi connectivity index (χ2n) is 8.64. The van der Waals surface area contributed by atoms with E-state index in [1.807, 2.05) is 0 Å². The van der Waals surface area contributed by atoms with E-state index in [-0.39, 0.29) is 27.1 Å². The van der Waals surface area contributed by atoms with Crippen LogP contribution >= 0.6 is 12.2 Å². The van der Waals surface area contributed by atoms with Gasteiger partial charge in [0.25, 0.3) is 0 Å². The van der Waals surface area contributed by atoms with Crippen molar-refractivity contribution in [2.24, 2.45) is 5.73 Å². The topological polar surface area (TPSA) is 59.2 Å². The van der Waals surface area contributed by atoms with E-state index in [9.17, 15) is 22.4 Å². The van der Waals surface area contributed by atoms with Crippen LogP contribution in [-0.4, -0.2) is 15.9 Å². The molecule has 194 valence electrons. The van der Waals surface area contributed by atoms with Gasteiger partial charge in [0, 0.05) is 39.6 Å². The zero-order chi connectivity index (χ0) is 27.7. The third kappa shape index (κ3) is 5.08. The summed E-state index contributed by atoms with van der Waals surface area (Å²) in [6, 6.07) is 24.4. The molecule has 0 unspecified atom stereocenters. The number of alkyl halides is 3. The van der Waals surface area contributed by atoms with Crippen molar-refractivity contribution in [3.8, 4) is 11.1 Å². The zero-order valence-corrected chi connectivity index (χ0v) is 20.9. The fraction of sp³-hybridized carbons (Fsp3) is 0.0333. The third-order valence-corrected chi connectivity index (χ3v) is 6.36. The van der Waals surface area contributed by atoms with Crippen LogP contribution in [0.25, 0.3) is 22.0 Å². The Kier molecular flexibility index (Phi) is 6.84. The molecule has 0 aliphatic carbocycles. The monoisotopic (exact) mass is 545 g/mol. The minimum Gasteiger partial charge on any atom is -0.376 e. The van der Waals surface area contributed by atoms with E-state index in [1.165, 1.54) is 47.5 Å². The lowest BCUT2D eigenvalue weighted by atomic mass is 9.91. The molecule has 0 fully saturated rings. The summed E-state index contributed by atoms with van der Waals surface area (Å²) in [5, 5.41) is 0.130. The zero-order valence-electron chi connectivity index (χ0n) is 20.1. The molecule has 5 aromatic rings. The second kappa shape index (κ2) is 10.3. The summed E-state index contributed by atoms with van der Waals surface area (Å²) >= 11 is 5.26. The lowest BCUT2D eigenvalue weighted by Crippen LogP contribution is -2.31. The number of halogens is 4. The lowest BCUT2D eigenvalue weighted by Gasteiger charge is -2.24. The highest BCUT2D eigenvalue weighted by molar-refractivity contribution is 7.80. The number of ketones is 1. The number of benzene rings is 4. The van der Waals surface area contributed by atoms with Gasteiger partial charge in [-0.25, -0.2) is 4.39 Å². The van der Waals surface area contributed by atoms with Crippen LogP contribution in [0.5, 0.6) is 0 Å². The predicted molar refractivity (Wildman–Crippen MR) is 147 cm³/mol. The Morgan fingerprint density at radius 1 is 0.846 bits per heavy atom. The van der Waals surface area contributed by atoms with Crippen LogP contribution in [0.1, 0.15) is 21.5 Å². The van der Waals surface area contributed by atoms with Gasteiger partial charge >= 0.3 is 6.18 Å². The fourth-order valence-corrected chi connectivity index (χ4v) is 4.69. The van der Waals surface area contributed by atoms with Crippen LogP contribution in [0.2, 0.25) is 0 Å². The Bertz CT molecular complexity index is 1700. The van der Waals surface area contributed by atoms with Crippen molar-refractivity contribution in [1.82, 2.24) is 4.98 Å². The van der Waals surface area contributed by atoms with Gasteiger partial charge in [0.05, 0.1) is 11.1 Å². The number of carbonyl (C=O) groups is 1. The molecule has 0 saturated heterocycles. The van der Waals surface area contributed by atoms with Crippen molar-refractivity contribution in [3.63, 3.8) is 0 Å². The molecule has 0 spiro atoms. The van der Waals surface area contributed by atoms with E-state index in [0.717, 1.165) is 6.07 Å². The fourth-order valence-electron chi connectivity index (χ4n) is 4.47. The molecule has 9 heteroatoms. The number of pyridine rings is 1. The Labute approximate surface area is 226 Å². The second-order valence-corrected chi connectivity index (χ2v) is 9.06. The number of para-hydroxylation sites is 1. The highest BCUT2D eigenvalue weighted by atomic mass is 32.1. The highest BCUT2D eigenvalue weighted by Crippen LogP contribution is 2.40. The summed E-state index contributed by atoms with van der Waals surface area (Å²) < 4.78 is 55.2. The number of hydrogen-bond acceptors (Lipinski definition) is 3. The largest absolute Gasteiger partial charge is 0.418 e. The van der Waals surface area contributed by atoms with E-state index in [2.05, 4.69) is 4.98 Å². The SMILES string of the molecule is NC(=S)N(c1ccc(F)cc1)c1cccc(-c2c(C(=O)c3ccccc3)cnc3c(C(F)(F)F)cccc23)c1. The molecule has 1 aromatic heterocycles. The summed E-state index contributed by atoms with van der Waals surface area (Å²) in [4.78, 5) is 19.2. The van der Waals surface area contributed by atoms with Gasteiger partial charge < -0.3 is 5.73 Å². The Morgan fingerprint density at radius 3 is 2.21 bits per heavy atom. The summed E-state index contributed by atoms with van der Waals surface area (Å²) in [6.45, 7) is 0. The third-order valence-electron chi connectivity index (χ3n) is 6.18. The lowest BCUT2D eigenvalue weighted by molar-refractivity contribution is -0.136. The number of carbonyl (C=O) groups excluding carboxylic acids is 1. The van der Waals surface area contributed by atoms with Gasteiger partial charge in [0.15, 0.2) is 10.9 Å². The maximum Gasteiger partial charge on any atom is 0.418 e. The molecule has 0 saturated carbocycles. The molecule has 0 atom stereocenters. The molecule has 0 aliphatic rings. The number of fused-ring (bicyclic) bond motifs is 1. The van der Waals surface area contributed by atoms with Gasteiger partial charge in [-0.05, 0) is 60.2 Å². The number of aromatic nitrogens is 1. The van der Waals surface area contributed by atoms with Crippen LogP contribution in [0.4, 0.5) is 28.9 Å². The average Bonchev–Trinajstić information content (AvgIpc) is 2.93. The van der Waals surface area contributed by atoms with Crippen molar-refractivity contribution in [3.05, 3.63) is 126 Å². The number of nitrogens with zero attached hydrogens (tertiary/aromatic N) is 2. The Balaban J connectivity index is 1.77. The molecule has 0 aliphatic heterocycles. The quantitative estimate of drug-likeness (QED) is 0.140. The maximum atomic E-state index is 13.9. The molecular formula is C30H19F4N3OS. The normalized spacial score (nSPS) is 11.4. The van der Waals surface area contributed by atoms with Gasteiger partial charge in [-0.15, -0.1) is 0 Å². The first-order valence-electron chi connectivity index (χ1n) is 11.7. The van der Waals surface area contributed by atoms with Crippen molar-refractivity contribution in [1.29, 1.82) is 0 Å². The summed E-state index contributed by atoms with van der Waals surface area (Å²) in [5.74, 6) is -0.837. The highest BCUT2D eigenvalue weighted by Gasteiger charge is 2.34. The van der Waals surface area contributed by atoms with E-state index in [1.54, 1.807) is 54.6 Å². The molecule has 39 heavy (non-hydrogen) atoms. The first kappa shape index (κ1) is 26.0. The number of nitrogens with two attached hydrogens (primary N) is 1. The smallest absolute Gasteiger partial charge is 0.376 e. The van der Waals surface area contributed by atoms with Gasteiger partial charge in [-0.1, -0.05) is 54.6 Å². The standard InChI is InChI=1S/C30H19F4N3OS/c31-20-12-14-21(15-13-20)37(29(35)39)22-9-4-8-19(16-22)26-23-10-5-11-25(30(32,33)34)27(23)36-17-24(26)28(38)18-6-2-1-3-7-18/h1-17H,(H2,35,39). The van der Waals surface area contributed by atoms with Gasteiger partial charge in [-0.3, -0.25) is 14.7 Å². The Morgan fingerprint density at radius 2 is 1.54 bits per heavy atom. The minimum atomic E-state index is -4.65. The summed E-state index contributed by atoms with van der Waals surface area (Å²) in [6.07, 6.45) is -3.47. The molecule has 0 bridgehead atoms. The first-order chi connectivity index (χ1) is 18.6. The van der Waals surface area contributed by atoms with Crippen molar-refractivity contribution in [2.75, 3.05) is 4.90 Å². The maximum absolute atomic E-state index is 13.9. The summed E-state index contributed by atoms with van der Waals surface area (Å²) in [7, 11) is 0. The number of rotatable bonds is 5. The van der Waals surface area contributed by atoms with Crippen LogP contribution in [0, 0.1) is 5.82 Å². The molecule has 0 amide bonds. The Hall–Kier alpha value is -4.63. The van der Waals surface area contributed by atoms with Crippen LogP contribution in [0.15, 0.2) is 103 Å². The minimum absolute atomic E-state index is 0.0294. The van der Waals surface area contributed by atoms with Crippen molar-refractivity contribution >= 4 is 45.4 Å². The molecule has 2 N–H and O–H groups in total. The molecule has 5 rings (SSSR count). The van der Waals surface area contributed by atoms with E-state index in [4.69, 9.17) is 18.0 Å². The average molecular weight is 546 g/mol. The molecular weight excluding hydrogens is 526 g/mol. The molecule has 0 radical (unpaired) electrons. The van der Waals surface area contributed by atoms with Gasteiger partial charge in [-0.2, -0.15) is 13.2 Å². The number of anilines is 2. The number of hydrogen-bond donors (Lipinski definition) is 1. The van der Waals surface area contributed by atoms with Crippen LogP contribution < -0.4 is 10.6 Å². The van der Waals surface area contributed by atoms with Gasteiger partial charge in [0.2, 0.25) is 0 Å². The number of thiocarbonyl (C=S) groups is 1. The van der Waals surface area contributed by atoms with Crippen LogP contribution in [-0.2, 0) is 6.18 Å². The van der Waals surface area contributed by atoms with E-state index >= 15 is 0 Å². The van der Waals surface area contributed by atoms with Crippen molar-refractivity contribution < 1.29 is 22.4 Å².